The molecule has 80 valence electrons. The van der Waals surface area contributed by atoms with Crippen molar-refractivity contribution in [3.05, 3.63) is 35.6 Å². The summed E-state index contributed by atoms with van der Waals surface area (Å²) >= 11 is 0. The van der Waals surface area contributed by atoms with E-state index in [0.29, 0.717) is 31.2 Å². The van der Waals surface area contributed by atoms with Crippen LogP contribution < -0.4 is 0 Å². The molecule has 15 heavy (non-hydrogen) atoms. The van der Waals surface area contributed by atoms with Gasteiger partial charge in [0.25, 0.3) is 0 Å². The van der Waals surface area contributed by atoms with E-state index in [9.17, 15) is 14.3 Å². The number of carbonyl (C=O) groups is 1. The maximum absolute atomic E-state index is 12.7. The van der Waals surface area contributed by atoms with Gasteiger partial charge in [-0.3, -0.25) is 4.79 Å². The fourth-order valence-electron chi connectivity index (χ4n) is 1.99. The zero-order valence-corrected chi connectivity index (χ0v) is 8.37. The Bertz CT molecular complexity index is 360. The number of halogens is 1. The fraction of sp³-hybridized carbons (Fsp3) is 0.417. The van der Waals surface area contributed by atoms with Gasteiger partial charge in [0.05, 0.1) is 5.60 Å². The van der Waals surface area contributed by atoms with E-state index in [1.807, 2.05) is 0 Å². The number of hydrogen-bond donors (Lipinski definition) is 1. The molecule has 0 aromatic heterocycles. The minimum absolute atomic E-state index is 0.196. The van der Waals surface area contributed by atoms with Gasteiger partial charge in [-0.05, 0) is 30.5 Å². The standard InChI is InChI=1S/C12H13FO2/c13-10-3-1-9(2-4-10)12(15)7-5-11(14)6-8-12/h1-4,15H,5-8H2. The Balaban J connectivity index is 2.22. The fourth-order valence-corrected chi connectivity index (χ4v) is 1.99. The summed E-state index contributed by atoms with van der Waals surface area (Å²) in [6, 6.07) is 5.85. The Labute approximate surface area is 87.7 Å². The van der Waals surface area contributed by atoms with Crippen molar-refractivity contribution >= 4 is 5.78 Å². The number of rotatable bonds is 1. The predicted octanol–water partition coefficient (Wildman–Crippen LogP) is 2.16. The third-order valence-electron chi connectivity index (χ3n) is 3.02. The summed E-state index contributed by atoms with van der Waals surface area (Å²) in [5, 5.41) is 10.3. The molecule has 0 heterocycles. The van der Waals surface area contributed by atoms with E-state index in [2.05, 4.69) is 0 Å². The van der Waals surface area contributed by atoms with Gasteiger partial charge in [0, 0.05) is 12.8 Å². The van der Waals surface area contributed by atoms with Gasteiger partial charge in [0.15, 0.2) is 0 Å². The van der Waals surface area contributed by atoms with Gasteiger partial charge in [-0.15, -0.1) is 0 Å². The summed E-state index contributed by atoms with van der Waals surface area (Å²) in [4.78, 5) is 11.1. The van der Waals surface area contributed by atoms with E-state index in [-0.39, 0.29) is 11.6 Å². The number of aliphatic hydroxyl groups is 1. The molecule has 2 nitrogen and oxygen atoms in total. The molecule has 0 atom stereocenters. The van der Waals surface area contributed by atoms with E-state index < -0.39 is 5.60 Å². The van der Waals surface area contributed by atoms with Crippen LogP contribution in [0.1, 0.15) is 31.2 Å². The van der Waals surface area contributed by atoms with Crippen molar-refractivity contribution in [2.45, 2.75) is 31.3 Å². The Morgan fingerprint density at radius 1 is 1.13 bits per heavy atom. The zero-order valence-electron chi connectivity index (χ0n) is 8.37. The molecule has 3 heteroatoms. The minimum atomic E-state index is -0.943. The molecule has 2 rings (SSSR count). The minimum Gasteiger partial charge on any atom is -0.385 e. The second-order valence-electron chi connectivity index (χ2n) is 4.08. The molecule has 0 bridgehead atoms. The molecular weight excluding hydrogens is 195 g/mol. The molecule has 1 fully saturated rings. The topological polar surface area (TPSA) is 37.3 Å². The number of Topliss-reactive ketones (excluding diaryl/α,β-unsaturated/α-hetero) is 1. The number of benzene rings is 1. The van der Waals surface area contributed by atoms with Crippen LogP contribution in [0.5, 0.6) is 0 Å². The van der Waals surface area contributed by atoms with Crippen LogP contribution in [-0.2, 0) is 10.4 Å². The van der Waals surface area contributed by atoms with E-state index in [0.717, 1.165) is 0 Å². The van der Waals surface area contributed by atoms with E-state index >= 15 is 0 Å². The van der Waals surface area contributed by atoms with Gasteiger partial charge in [-0.1, -0.05) is 12.1 Å². The van der Waals surface area contributed by atoms with E-state index in [1.54, 1.807) is 12.1 Å². The highest BCUT2D eigenvalue weighted by atomic mass is 19.1. The third kappa shape index (κ3) is 2.07. The second kappa shape index (κ2) is 3.74. The molecule has 1 aliphatic carbocycles. The molecular formula is C12H13FO2. The van der Waals surface area contributed by atoms with Crippen molar-refractivity contribution < 1.29 is 14.3 Å². The van der Waals surface area contributed by atoms with Gasteiger partial charge >= 0.3 is 0 Å². The van der Waals surface area contributed by atoms with Crippen LogP contribution in [0.15, 0.2) is 24.3 Å². The van der Waals surface area contributed by atoms with E-state index in [4.69, 9.17) is 0 Å². The van der Waals surface area contributed by atoms with Crippen LogP contribution in [0.2, 0.25) is 0 Å². The molecule has 1 saturated carbocycles. The van der Waals surface area contributed by atoms with Crippen molar-refractivity contribution in [1.29, 1.82) is 0 Å². The lowest BCUT2D eigenvalue weighted by Crippen LogP contribution is -2.31. The van der Waals surface area contributed by atoms with Gasteiger partial charge in [0.1, 0.15) is 11.6 Å². The molecule has 0 saturated heterocycles. The molecule has 1 N–H and O–H groups in total. The van der Waals surface area contributed by atoms with Crippen LogP contribution in [0, 0.1) is 5.82 Å². The normalized spacial score (nSPS) is 20.3. The maximum Gasteiger partial charge on any atom is 0.133 e. The highest BCUT2D eigenvalue weighted by Crippen LogP contribution is 2.35. The Kier molecular flexibility index (Phi) is 2.57. The monoisotopic (exact) mass is 208 g/mol. The largest absolute Gasteiger partial charge is 0.385 e. The average Bonchev–Trinajstić information content (AvgIpc) is 2.24. The molecule has 0 unspecified atom stereocenters. The highest BCUT2D eigenvalue weighted by Gasteiger charge is 2.33. The Hall–Kier alpha value is -1.22. The van der Waals surface area contributed by atoms with Crippen molar-refractivity contribution in [3.8, 4) is 0 Å². The first-order valence-corrected chi connectivity index (χ1v) is 5.10. The van der Waals surface area contributed by atoms with Crippen molar-refractivity contribution in [2.24, 2.45) is 0 Å². The SMILES string of the molecule is O=C1CCC(O)(c2ccc(F)cc2)CC1. The first-order valence-electron chi connectivity index (χ1n) is 5.10. The number of carbonyl (C=O) groups excluding carboxylic acids is 1. The van der Waals surface area contributed by atoms with Crippen molar-refractivity contribution in [3.63, 3.8) is 0 Å². The lowest BCUT2D eigenvalue weighted by atomic mass is 9.79. The van der Waals surface area contributed by atoms with Crippen LogP contribution in [0.25, 0.3) is 0 Å². The second-order valence-corrected chi connectivity index (χ2v) is 4.08. The van der Waals surface area contributed by atoms with Crippen molar-refractivity contribution in [2.75, 3.05) is 0 Å². The van der Waals surface area contributed by atoms with Crippen LogP contribution in [0.3, 0.4) is 0 Å². The summed E-state index contributed by atoms with van der Waals surface area (Å²) in [7, 11) is 0. The smallest absolute Gasteiger partial charge is 0.133 e. The summed E-state index contributed by atoms with van der Waals surface area (Å²) in [5.41, 5.74) is -0.238. The molecule has 1 aliphatic rings. The number of ketones is 1. The molecule has 0 spiro atoms. The highest BCUT2D eigenvalue weighted by molar-refractivity contribution is 5.79. The molecule has 0 aliphatic heterocycles. The lowest BCUT2D eigenvalue weighted by molar-refractivity contribution is -0.125. The predicted molar refractivity (Wildman–Crippen MR) is 53.8 cm³/mol. The van der Waals surface area contributed by atoms with Crippen LogP contribution >= 0.6 is 0 Å². The number of hydrogen-bond acceptors (Lipinski definition) is 2. The summed E-state index contributed by atoms with van der Waals surface area (Å²) in [6.45, 7) is 0. The Morgan fingerprint density at radius 3 is 2.20 bits per heavy atom. The van der Waals surface area contributed by atoms with E-state index in [1.165, 1.54) is 12.1 Å². The molecule has 1 aromatic carbocycles. The zero-order chi connectivity index (χ0) is 10.9. The third-order valence-corrected chi connectivity index (χ3v) is 3.02. The van der Waals surface area contributed by atoms with Crippen molar-refractivity contribution in [1.82, 2.24) is 0 Å². The lowest BCUT2D eigenvalue weighted by Gasteiger charge is -2.31. The van der Waals surface area contributed by atoms with Gasteiger partial charge < -0.3 is 5.11 Å². The first kappa shape index (κ1) is 10.3. The van der Waals surface area contributed by atoms with Crippen LogP contribution in [-0.4, -0.2) is 10.9 Å². The van der Waals surface area contributed by atoms with Crippen LogP contribution in [0.4, 0.5) is 4.39 Å². The summed E-state index contributed by atoms with van der Waals surface area (Å²) < 4.78 is 12.7. The van der Waals surface area contributed by atoms with Gasteiger partial charge in [-0.25, -0.2) is 4.39 Å². The maximum atomic E-state index is 12.7. The summed E-state index contributed by atoms with van der Waals surface area (Å²) in [6.07, 6.45) is 1.71. The average molecular weight is 208 g/mol. The molecule has 0 amide bonds. The van der Waals surface area contributed by atoms with Gasteiger partial charge in [0.2, 0.25) is 0 Å². The quantitative estimate of drug-likeness (QED) is 0.767. The molecule has 1 aromatic rings. The first-order chi connectivity index (χ1) is 7.10. The van der Waals surface area contributed by atoms with Gasteiger partial charge in [-0.2, -0.15) is 0 Å². The Morgan fingerprint density at radius 2 is 1.67 bits per heavy atom. The summed E-state index contributed by atoms with van der Waals surface area (Å²) in [5.74, 6) is -0.115. The molecule has 0 radical (unpaired) electrons.